The van der Waals surface area contributed by atoms with Gasteiger partial charge in [-0.15, -0.1) is 0 Å². The maximum absolute atomic E-state index is 12.7. The highest BCUT2D eigenvalue weighted by atomic mass is 16.5. The van der Waals surface area contributed by atoms with Crippen LogP contribution in [0, 0.1) is 0 Å². The van der Waals surface area contributed by atoms with Gasteiger partial charge in [0, 0.05) is 18.2 Å². The third-order valence-electron chi connectivity index (χ3n) is 5.90. The monoisotopic (exact) mass is 424 g/mol. The van der Waals surface area contributed by atoms with Gasteiger partial charge in [0.15, 0.2) is 0 Å². The normalized spacial score (nSPS) is 16.0. The van der Waals surface area contributed by atoms with Crippen molar-refractivity contribution >= 4 is 11.8 Å². The molecule has 1 aliphatic rings. The second kappa shape index (κ2) is 11.0. The fourth-order valence-corrected chi connectivity index (χ4v) is 3.77. The summed E-state index contributed by atoms with van der Waals surface area (Å²) in [4.78, 5) is 27.0. The molecule has 2 aromatic carbocycles. The van der Waals surface area contributed by atoms with E-state index in [1.165, 1.54) is 5.56 Å². The van der Waals surface area contributed by atoms with Crippen LogP contribution in [-0.2, 0) is 11.2 Å². The van der Waals surface area contributed by atoms with E-state index in [0.29, 0.717) is 11.6 Å². The molecule has 7 heteroatoms. The molecule has 166 valence electrons. The predicted molar refractivity (Wildman–Crippen MR) is 121 cm³/mol. The predicted octanol–water partition coefficient (Wildman–Crippen LogP) is 2.20. The number of aryl methyl sites for hydroxylation is 1. The van der Waals surface area contributed by atoms with E-state index in [2.05, 4.69) is 53.8 Å². The lowest BCUT2D eigenvalue weighted by atomic mass is 10.0. The Morgan fingerprint density at radius 1 is 1.03 bits per heavy atom. The second-order valence-corrected chi connectivity index (χ2v) is 8.12. The summed E-state index contributed by atoms with van der Waals surface area (Å²) in [7, 11) is 2.09. The molecule has 2 aromatic rings. The van der Waals surface area contributed by atoms with Crippen molar-refractivity contribution in [2.75, 3.05) is 26.7 Å². The molecule has 0 saturated carbocycles. The number of piperidine rings is 1. The summed E-state index contributed by atoms with van der Waals surface area (Å²) in [5.74, 6) is -0.993. The minimum absolute atomic E-state index is 0.258. The molecular formula is C24H32N4O3. The van der Waals surface area contributed by atoms with Gasteiger partial charge in [0.25, 0.3) is 11.8 Å². The number of hydrogen-bond acceptors (Lipinski definition) is 5. The zero-order valence-corrected chi connectivity index (χ0v) is 18.2. The highest BCUT2D eigenvalue weighted by Crippen LogP contribution is 2.20. The van der Waals surface area contributed by atoms with Gasteiger partial charge in [-0.1, -0.05) is 43.3 Å². The lowest BCUT2D eigenvalue weighted by Gasteiger charge is -2.30. The largest absolute Gasteiger partial charge is 0.339 e. The molecule has 3 rings (SSSR count). The first-order valence-electron chi connectivity index (χ1n) is 10.9. The average Bonchev–Trinajstić information content (AvgIpc) is 2.82. The van der Waals surface area contributed by atoms with Crippen LogP contribution < -0.4 is 16.1 Å². The first-order chi connectivity index (χ1) is 15.0. The first-order valence-corrected chi connectivity index (χ1v) is 10.9. The van der Waals surface area contributed by atoms with E-state index in [0.717, 1.165) is 43.5 Å². The van der Waals surface area contributed by atoms with Gasteiger partial charge in [-0.2, -0.15) is 0 Å². The topological polar surface area (TPSA) is 93.7 Å². The number of hydrogen-bond donors (Lipinski definition) is 4. The fourth-order valence-electron chi connectivity index (χ4n) is 3.77. The summed E-state index contributed by atoms with van der Waals surface area (Å²) in [6.45, 7) is 4.37. The molecule has 1 saturated heterocycles. The SMILES string of the molecule is CCc1ccc(-c2ccc(C(=O)NC(CNC3CCN(C)CC3)C(=O)NO)cc2)cc1. The van der Waals surface area contributed by atoms with Gasteiger partial charge in [0.1, 0.15) is 6.04 Å². The minimum Gasteiger partial charge on any atom is -0.339 e. The Kier molecular flexibility index (Phi) is 8.17. The maximum atomic E-state index is 12.7. The van der Waals surface area contributed by atoms with E-state index >= 15 is 0 Å². The number of nitrogens with zero attached hydrogens (tertiary/aromatic N) is 1. The van der Waals surface area contributed by atoms with Gasteiger partial charge in [-0.25, -0.2) is 5.48 Å². The summed E-state index contributed by atoms with van der Waals surface area (Å²) in [5.41, 5.74) is 5.50. The second-order valence-electron chi connectivity index (χ2n) is 8.12. The van der Waals surface area contributed by atoms with Gasteiger partial charge in [-0.3, -0.25) is 14.8 Å². The molecule has 31 heavy (non-hydrogen) atoms. The lowest BCUT2D eigenvalue weighted by molar-refractivity contribution is -0.131. The average molecular weight is 425 g/mol. The van der Waals surface area contributed by atoms with Gasteiger partial charge in [-0.05, 0) is 68.2 Å². The van der Waals surface area contributed by atoms with E-state index in [-0.39, 0.29) is 12.5 Å². The summed E-state index contributed by atoms with van der Waals surface area (Å²) in [6, 6.07) is 15.1. The van der Waals surface area contributed by atoms with Crippen LogP contribution in [0.3, 0.4) is 0 Å². The number of carbonyl (C=O) groups excluding carboxylic acids is 2. The molecule has 2 amide bonds. The van der Waals surface area contributed by atoms with Gasteiger partial charge in [0.05, 0.1) is 0 Å². The van der Waals surface area contributed by atoms with Gasteiger partial charge >= 0.3 is 0 Å². The number of benzene rings is 2. The molecule has 1 aliphatic heterocycles. The third-order valence-corrected chi connectivity index (χ3v) is 5.90. The first kappa shape index (κ1) is 22.9. The molecule has 7 nitrogen and oxygen atoms in total. The van der Waals surface area contributed by atoms with Crippen molar-refractivity contribution in [3.63, 3.8) is 0 Å². The Hall–Kier alpha value is -2.74. The van der Waals surface area contributed by atoms with E-state index in [1.807, 2.05) is 12.1 Å². The molecule has 0 aliphatic carbocycles. The number of nitrogens with one attached hydrogen (secondary N) is 3. The van der Waals surface area contributed by atoms with Crippen LogP contribution >= 0.6 is 0 Å². The van der Waals surface area contributed by atoms with Crippen LogP contribution in [0.4, 0.5) is 0 Å². The van der Waals surface area contributed by atoms with Crippen molar-refractivity contribution in [3.05, 3.63) is 59.7 Å². The molecular weight excluding hydrogens is 392 g/mol. The number of amides is 2. The molecule has 1 unspecified atom stereocenters. The smallest absolute Gasteiger partial charge is 0.267 e. The highest BCUT2D eigenvalue weighted by molar-refractivity contribution is 5.97. The van der Waals surface area contributed by atoms with Crippen LogP contribution in [0.2, 0.25) is 0 Å². The van der Waals surface area contributed by atoms with Crippen molar-refractivity contribution in [2.24, 2.45) is 0 Å². The standard InChI is InChI=1S/C24H32N4O3/c1-3-17-4-6-18(7-5-17)19-8-10-20(11-9-19)23(29)26-22(24(30)27-31)16-25-21-12-14-28(2)15-13-21/h4-11,21-22,25,31H,3,12-16H2,1-2H3,(H,26,29)(H,27,30). The highest BCUT2D eigenvalue weighted by Gasteiger charge is 2.23. The fraction of sp³-hybridized carbons (Fsp3) is 0.417. The molecule has 1 heterocycles. The quantitative estimate of drug-likeness (QED) is 0.385. The number of hydroxylamine groups is 1. The Balaban J connectivity index is 1.60. The zero-order chi connectivity index (χ0) is 22.2. The van der Waals surface area contributed by atoms with E-state index in [4.69, 9.17) is 5.21 Å². The van der Waals surface area contributed by atoms with Crippen LogP contribution in [0.1, 0.15) is 35.7 Å². The Morgan fingerprint density at radius 3 is 2.16 bits per heavy atom. The van der Waals surface area contributed by atoms with Crippen LogP contribution in [0.5, 0.6) is 0 Å². The van der Waals surface area contributed by atoms with Gasteiger partial charge < -0.3 is 15.5 Å². The number of rotatable bonds is 8. The zero-order valence-electron chi connectivity index (χ0n) is 18.2. The molecule has 0 bridgehead atoms. The minimum atomic E-state index is -0.863. The van der Waals surface area contributed by atoms with Crippen LogP contribution in [-0.4, -0.2) is 60.7 Å². The van der Waals surface area contributed by atoms with Crippen molar-refractivity contribution < 1.29 is 14.8 Å². The Labute approximate surface area is 183 Å². The van der Waals surface area contributed by atoms with Crippen molar-refractivity contribution in [2.45, 2.75) is 38.3 Å². The van der Waals surface area contributed by atoms with E-state index in [1.54, 1.807) is 17.6 Å². The Morgan fingerprint density at radius 2 is 1.61 bits per heavy atom. The molecule has 0 aromatic heterocycles. The van der Waals surface area contributed by atoms with E-state index < -0.39 is 11.9 Å². The number of carbonyl (C=O) groups is 2. The van der Waals surface area contributed by atoms with Gasteiger partial charge in [0.2, 0.25) is 0 Å². The molecule has 1 atom stereocenters. The van der Waals surface area contributed by atoms with Crippen LogP contribution in [0.15, 0.2) is 48.5 Å². The number of likely N-dealkylation sites (tertiary alicyclic amines) is 1. The molecule has 0 radical (unpaired) electrons. The maximum Gasteiger partial charge on any atom is 0.267 e. The summed E-state index contributed by atoms with van der Waals surface area (Å²) in [5, 5.41) is 15.1. The van der Waals surface area contributed by atoms with Crippen molar-refractivity contribution in [3.8, 4) is 11.1 Å². The van der Waals surface area contributed by atoms with Crippen LogP contribution in [0.25, 0.3) is 11.1 Å². The summed E-state index contributed by atoms with van der Waals surface area (Å²) in [6.07, 6.45) is 2.96. The molecule has 1 fully saturated rings. The van der Waals surface area contributed by atoms with E-state index in [9.17, 15) is 9.59 Å². The summed E-state index contributed by atoms with van der Waals surface area (Å²) >= 11 is 0. The molecule has 4 N–H and O–H groups in total. The van der Waals surface area contributed by atoms with Crippen molar-refractivity contribution in [1.82, 2.24) is 21.0 Å². The molecule has 0 spiro atoms. The third kappa shape index (κ3) is 6.37. The Bertz CT molecular complexity index is 859. The lowest BCUT2D eigenvalue weighted by Crippen LogP contribution is -2.53. The van der Waals surface area contributed by atoms with Crippen molar-refractivity contribution in [1.29, 1.82) is 0 Å². The summed E-state index contributed by atoms with van der Waals surface area (Å²) < 4.78 is 0.